The van der Waals surface area contributed by atoms with Gasteiger partial charge in [-0.2, -0.15) is 4.98 Å². The standard InChI is InChI=1S/C22H20N4O2/c1-16-9-11-18(12-10-16)21-24-22(28-25-21)19-8-5-13-26(19)15-20(27)23-14-17-6-3-2-4-7-17/h2-13H,14-15H2,1H3,(H,23,27). The largest absolute Gasteiger partial charge is 0.350 e. The van der Waals surface area contributed by atoms with Crippen LogP contribution >= 0.6 is 0 Å². The molecule has 6 heteroatoms. The fourth-order valence-electron chi connectivity index (χ4n) is 2.90. The minimum absolute atomic E-state index is 0.0837. The number of carbonyl (C=O) groups excluding carboxylic acids is 1. The third kappa shape index (κ3) is 4.01. The summed E-state index contributed by atoms with van der Waals surface area (Å²) in [6.07, 6.45) is 1.83. The number of benzene rings is 2. The van der Waals surface area contributed by atoms with E-state index in [1.54, 1.807) is 4.57 Å². The van der Waals surface area contributed by atoms with E-state index >= 15 is 0 Å². The quantitative estimate of drug-likeness (QED) is 0.558. The molecule has 0 atom stereocenters. The molecule has 2 aromatic heterocycles. The topological polar surface area (TPSA) is 73.0 Å². The maximum absolute atomic E-state index is 12.3. The van der Waals surface area contributed by atoms with Crippen LogP contribution in [-0.4, -0.2) is 20.6 Å². The van der Waals surface area contributed by atoms with Gasteiger partial charge in [0.1, 0.15) is 12.2 Å². The predicted molar refractivity (Wildman–Crippen MR) is 106 cm³/mol. The normalized spacial score (nSPS) is 10.8. The minimum atomic E-state index is -0.0837. The molecule has 0 saturated heterocycles. The molecule has 0 spiro atoms. The highest BCUT2D eigenvalue weighted by Crippen LogP contribution is 2.23. The number of aryl methyl sites for hydroxylation is 1. The third-order valence-corrected chi connectivity index (χ3v) is 4.43. The fraction of sp³-hybridized carbons (Fsp3) is 0.136. The second-order valence-corrected chi connectivity index (χ2v) is 6.57. The van der Waals surface area contributed by atoms with Crippen LogP contribution in [0.15, 0.2) is 77.4 Å². The molecule has 28 heavy (non-hydrogen) atoms. The van der Waals surface area contributed by atoms with Crippen molar-refractivity contribution in [3.05, 3.63) is 84.1 Å². The molecule has 0 aliphatic carbocycles. The number of aromatic nitrogens is 3. The molecule has 1 amide bonds. The second kappa shape index (κ2) is 7.92. The molecule has 0 saturated carbocycles. The molecule has 2 heterocycles. The Morgan fingerprint density at radius 2 is 1.82 bits per heavy atom. The first-order chi connectivity index (χ1) is 13.7. The molecule has 6 nitrogen and oxygen atoms in total. The van der Waals surface area contributed by atoms with E-state index in [0.29, 0.717) is 24.0 Å². The maximum Gasteiger partial charge on any atom is 0.274 e. The van der Waals surface area contributed by atoms with Crippen LogP contribution in [0.4, 0.5) is 0 Å². The number of hydrogen-bond acceptors (Lipinski definition) is 4. The van der Waals surface area contributed by atoms with Crippen molar-refractivity contribution in [2.24, 2.45) is 0 Å². The van der Waals surface area contributed by atoms with Gasteiger partial charge in [-0.25, -0.2) is 0 Å². The van der Waals surface area contributed by atoms with E-state index in [9.17, 15) is 4.79 Å². The average molecular weight is 372 g/mol. The molecule has 0 aliphatic rings. The molecule has 4 aromatic rings. The second-order valence-electron chi connectivity index (χ2n) is 6.57. The lowest BCUT2D eigenvalue weighted by Crippen LogP contribution is -2.27. The number of amides is 1. The molecule has 0 fully saturated rings. The van der Waals surface area contributed by atoms with Crippen LogP contribution in [-0.2, 0) is 17.9 Å². The Labute approximate surface area is 162 Å². The Kier molecular flexibility index (Phi) is 5.01. The lowest BCUT2D eigenvalue weighted by atomic mass is 10.1. The predicted octanol–water partition coefficient (Wildman–Crippen LogP) is 3.83. The fourth-order valence-corrected chi connectivity index (χ4v) is 2.90. The SMILES string of the molecule is Cc1ccc(-c2noc(-c3cccn3CC(=O)NCc3ccccc3)n2)cc1. The van der Waals surface area contributed by atoms with Gasteiger partial charge in [0, 0.05) is 18.3 Å². The van der Waals surface area contributed by atoms with Crippen LogP contribution in [0.25, 0.3) is 23.0 Å². The van der Waals surface area contributed by atoms with E-state index in [2.05, 4.69) is 15.5 Å². The zero-order valence-corrected chi connectivity index (χ0v) is 15.5. The first-order valence-corrected chi connectivity index (χ1v) is 9.06. The van der Waals surface area contributed by atoms with Gasteiger partial charge in [0.15, 0.2) is 0 Å². The Morgan fingerprint density at radius 3 is 2.61 bits per heavy atom. The lowest BCUT2D eigenvalue weighted by Gasteiger charge is -2.08. The van der Waals surface area contributed by atoms with Gasteiger partial charge in [0.2, 0.25) is 11.7 Å². The van der Waals surface area contributed by atoms with Crippen LogP contribution in [0.5, 0.6) is 0 Å². The van der Waals surface area contributed by atoms with Gasteiger partial charge in [-0.1, -0.05) is 65.3 Å². The van der Waals surface area contributed by atoms with Gasteiger partial charge >= 0.3 is 0 Å². The average Bonchev–Trinajstić information content (AvgIpc) is 3.37. The summed E-state index contributed by atoms with van der Waals surface area (Å²) in [5, 5.41) is 6.99. The van der Waals surface area contributed by atoms with Gasteiger partial charge in [0.25, 0.3) is 5.89 Å². The Bertz CT molecular complexity index is 1070. The van der Waals surface area contributed by atoms with Crippen molar-refractivity contribution in [3.63, 3.8) is 0 Å². The summed E-state index contributed by atoms with van der Waals surface area (Å²) < 4.78 is 7.23. The Balaban J connectivity index is 1.45. The molecule has 0 unspecified atom stereocenters. The first-order valence-electron chi connectivity index (χ1n) is 9.06. The van der Waals surface area contributed by atoms with Crippen molar-refractivity contribution in [2.75, 3.05) is 0 Å². The van der Waals surface area contributed by atoms with Gasteiger partial charge in [-0.15, -0.1) is 0 Å². The van der Waals surface area contributed by atoms with Crippen LogP contribution in [0.1, 0.15) is 11.1 Å². The molecule has 0 aliphatic heterocycles. The molecule has 4 rings (SSSR count). The van der Waals surface area contributed by atoms with Gasteiger partial charge in [-0.05, 0) is 24.6 Å². The molecule has 1 N–H and O–H groups in total. The monoisotopic (exact) mass is 372 g/mol. The summed E-state index contributed by atoms with van der Waals surface area (Å²) >= 11 is 0. The van der Waals surface area contributed by atoms with Crippen molar-refractivity contribution >= 4 is 5.91 Å². The number of rotatable bonds is 6. The van der Waals surface area contributed by atoms with Gasteiger partial charge < -0.3 is 14.4 Å². The summed E-state index contributed by atoms with van der Waals surface area (Å²) in [6, 6.07) is 21.5. The van der Waals surface area contributed by atoms with Crippen LogP contribution in [0.3, 0.4) is 0 Å². The number of carbonyl (C=O) groups is 1. The molecule has 2 aromatic carbocycles. The minimum Gasteiger partial charge on any atom is -0.350 e. The number of nitrogens with zero attached hydrogens (tertiary/aromatic N) is 3. The molecular weight excluding hydrogens is 352 g/mol. The third-order valence-electron chi connectivity index (χ3n) is 4.43. The summed E-state index contributed by atoms with van der Waals surface area (Å²) in [7, 11) is 0. The summed E-state index contributed by atoms with van der Waals surface area (Å²) in [5.74, 6) is 0.826. The zero-order valence-electron chi connectivity index (χ0n) is 15.5. The van der Waals surface area contributed by atoms with Gasteiger partial charge in [0.05, 0.1) is 0 Å². The van der Waals surface area contributed by atoms with E-state index in [0.717, 1.165) is 11.1 Å². The van der Waals surface area contributed by atoms with Gasteiger partial charge in [-0.3, -0.25) is 4.79 Å². The number of nitrogens with one attached hydrogen (secondary N) is 1. The summed E-state index contributed by atoms with van der Waals surface area (Å²) in [5.41, 5.74) is 3.83. The summed E-state index contributed by atoms with van der Waals surface area (Å²) in [4.78, 5) is 16.8. The van der Waals surface area contributed by atoms with Crippen molar-refractivity contribution in [2.45, 2.75) is 20.0 Å². The molecule has 140 valence electrons. The van der Waals surface area contributed by atoms with Crippen molar-refractivity contribution in [3.8, 4) is 23.0 Å². The van der Waals surface area contributed by atoms with E-state index in [-0.39, 0.29) is 12.5 Å². The van der Waals surface area contributed by atoms with E-state index in [4.69, 9.17) is 4.52 Å². The van der Waals surface area contributed by atoms with E-state index < -0.39 is 0 Å². The molecular formula is C22H20N4O2. The van der Waals surface area contributed by atoms with E-state index in [1.165, 1.54) is 5.56 Å². The zero-order chi connectivity index (χ0) is 19.3. The van der Waals surface area contributed by atoms with Crippen molar-refractivity contribution in [1.29, 1.82) is 0 Å². The highest BCUT2D eigenvalue weighted by molar-refractivity contribution is 5.76. The maximum atomic E-state index is 12.3. The van der Waals surface area contributed by atoms with Crippen molar-refractivity contribution in [1.82, 2.24) is 20.0 Å². The van der Waals surface area contributed by atoms with Crippen LogP contribution < -0.4 is 5.32 Å². The van der Waals surface area contributed by atoms with E-state index in [1.807, 2.05) is 79.9 Å². The van der Waals surface area contributed by atoms with Crippen molar-refractivity contribution < 1.29 is 9.32 Å². The Hall–Kier alpha value is -3.67. The highest BCUT2D eigenvalue weighted by Gasteiger charge is 2.15. The first kappa shape index (κ1) is 17.7. The molecule has 0 bridgehead atoms. The number of hydrogen-bond donors (Lipinski definition) is 1. The summed E-state index contributed by atoms with van der Waals surface area (Å²) in [6.45, 7) is 2.70. The van der Waals surface area contributed by atoms with Crippen LogP contribution in [0.2, 0.25) is 0 Å². The smallest absolute Gasteiger partial charge is 0.274 e. The van der Waals surface area contributed by atoms with Crippen LogP contribution in [0, 0.1) is 6.92 Å². The Morgan fingerprint density at radius 1 is 1.04 bits per heavy atom. The molecule has 0 radical (unpaired) electrons. The highest BCUT2D eigenvalue weighted by atomic mass is 16.5. The lowest BCUT2D eigenvalue weighted by molar-refractivity contribution is -0.121.